The van der Waals surface area contributed by atoms with Gasteiger partial charge in [-0.3, -0.25) is 0 Å². The average molecular weight is 459 g/mol. The van der Waals surface area contributed by atoms with E-state index in [-0.39, 0.29) is 0 Å². The van der Waals surface area contributed by atoms with Crippen LogP contribution in [0.15, 0.2) is 109 Å². The van der Waals surface area contributed by atoms with Gasteiger partial charge in [-0.1, -0.05) is 66.7 Å². The Morgan fingerprint density at radius 1 is 0.417 bits per heavy atom. The number of nitrogens with zero attached hydrogens (tertiary/aromatic N) is 4. The first kappa shape index (κ1) is 20.1. The highest BCUT2D eigenvalue weighted by molar-refractivity contribution is 6.12. The molecule has 36 heavy (non-hydrogen) atoms. The normalized spacial score (nSPS) is 11.3. The van der Waals surface area contributed by atoms with Crippen molar-refractivity contribution in [2.24, 2.45) is 0 Å². The van der Waals surface area contributed by atoms with Crippen LogP contribution in [-0.2, 0) is 0 Å². The molecular weight excluding hydrogens is 440 g/mol. The topological polar surface area (TPSA) is 18.6 Å². The highest BCUT2D eigenvalue weighted by atomic mass is 15.1. The van der Waals surface area contributed by atoms with Gasteiger partial charge in [0.25, 0.3) is 0 Å². The third-order valence-corrected chi connectivity index (χ3v) is 6.94. The molecule has 0 aliphatic rings. The summed E-state index contributed by atoms with van der Waals surface area (Å²) in [5.74, 6) is 0. The van der Waals surface area contributed by atoms with Crippen molar-refractivity contribution in [1.29, 1.82) is 0 Å². The lowest BCUT2D eigenvalue weighted by Crippen LogP contribution is -2.03. The SMILES string of the molecule is [C-]#[N+]c1ccc(-n2c3ccccc3c3ccccc32)c(-n2c3ccccc3c3cc([N+]#[C-])ccc32)c1. The molecule has 0 fully saturated rings. The van der Waals surface area contributed by atoms with E-state index in [0.29, 0.717) is 11.4 Å². The molecule has 0 spiro atoms. The molecule has 7 rings (SSSR count). The van der Waals surface area contributed by atoms with Crippen LogP contribution in [0.2, 0.25) is 0 Å². The third-order valence-electron chi connectivity index (χ3n) is 6.94. The molecule has 4 heteroatoms. The number of aromatic nitrogens is 2. The van der Waals surface area contributed by atoms with E-state index >= 15 is 0 Å². The molecule has 0 amide bonds. The maximum absolute atomic E-state index is 7.73. The highest BCUT2D eigenvalue weighted by Crippen LogP contribution is 2.39. The van der Waals surface area contributed by atoms with E-state index in [9.17, 15) is 0 Å². The maximum Gasteiger partial charge on any atom is 0.189 e. The summed E-state index contributed by atoms with van der Waals surface area (Å²) in [5.41, 5.74) is 7.40. The van der Waals surface area contributed by atoms with Gasteiger partial charge in [-0.25, -0.2) is 9.69 Å². The van der Waals surface area contributed by atoms with E-state index in [2.05, 4.69) is 85.6 Å². The monoisotopic (exact) mass is 458 g/mol. The summed E-state index contributed by atoms with van der Waals surface area (Å²) >= 11 is 0. The molecule has 0 unspecified atom stereocenters. The van der Waals surface area contributed by atoms with E-state index < -0.39 is 0 Å². The second kappa shape index (κ2) is 7.60. The summed E-state index contributed by atoms with van der Waals surface area (Å²) in [7, 11) is 0. The predicted octanol–water partition coefficient (Wildman–Crippen LogP) is 8.98. The van der Waals surface area contributed by atoms with Gasteiger partial charge in [-0.05, 0) is 47.9 Å². The van der Waals surface area contributed by atoms with E-state index in [1.807, 2.05) is 42.5 Å². The van der Waals surface area contributed by atoms with Crippen LogP contribution in [0.3, 0.4) is 0 Å². The van der Waals surface area contributed by atoms with E-state index in [4.69, 9.17) is 13.1 Å². The average Bonchev–Trinajstić information content (AvgIpc) is 3.45. The van der Waals surface area contributed by atoms with Crippen LogP contribution in [0.5, 0.6) is 0 Å². The number of hydrogen-bond donors (Lipinski definition) is 0. The van der Waals surface area contributed by atoms with Crippen LogP contribution < -0.4 is 0 Å². The Hall–Kier alpha value is -5.32. The zero-order valence-electron chi connectivity index (χ0n) is 19.2. The molecule has 0 atom stereocenters. The van der Waals surface area contributed by atoms with E-state index in [1.165, 1.54) is 10.8 Å². The van der Waals surface area contributed by atoms with Crippen molar-refractivity contribution in [1.82, 2.24) is 9.13 Å². The molecule has 2 aromatic heterocycles. The minimum atomic E-state index is 0.582. The molecule has 2 heterocycles. The van der Waals surface area contributed by atoms with Crippen LogP contribution in [-0.4, -0.2) is 9.13 Å². The molecule has 0 radical (unpaired) electrons. The molecule has 0 aliphatic carbocycles. The van der Waals surface area contributed by atoms with Crippen molar-refractivity contribution >= 4 is 55.0 Å². The molecule has 5 aromatic carbocycles. The minimum absolute atomic E-state index is 0.582. The summed E-state index contributed by atoms with van der Waals surface area (Å²) in [4.78, 5) is 7.42. The molecule has 4 nitrogen and oxygen atoms in total. The van der Waals surface area contributed by atoms with Crippen molar-refractivity contribution < 1.29 is 0 Å². The second-order valence-corrected chi connectivity index (χ2v) is 8.82. The number of para-hydroxylation sites is 3. The molecule has 0 aliphatic heterocycles. The second-order valence-electron chi connectivity index (χ2n) is 8.82. The van der Waals surface area contributed by atoms with Gasteiger partial charge in [0.2, 0.25) is 0 Å². The lowest BCUT2D eigenvalue weighted by Gasteiger charge is -2.17. The molecule has 0 N–H and O–H groups in total. The van der Waals surface area contributed by atoms with Gasteiger partial charge in [0.1, 0.15) is 0 Å². The van der Waals surface area contributed by atoms with Gasteiger partial charge in [-0.15, -0.1) is 0 Å². The van der Waals surface area contributed by atoms with Crippen LogP contribution in [0, 0.1) is 13.1 Å². The fraction of sp³-hybridized carbons (Fsp3) is 0. The summed E-state index contributed by atoms with van der Waals surface area (Å²) in [6.07, 6.45) is 0. The summed E-state index contributed by atoms with van der Waals surface area (Å²) in [5, 5.41) is 4.49. The van der Waals surface area contributed by atoms with Crippen molar-refractivity contribution in [2.75, 3.05) is 0 Å². The first-order valence-corrected chi connectivity index (χ1v) is 11.7. The smallest absolute Gasteiger partial charge is 0.189 e. The molecule has 0 bridgehead atoms. The van der Waals surface area contributed by atoms with Crippen LogP contribution in [0.4, 0.5) is 11.4 Å². The first-order valence-electron chi connectivity index (χ1n) is 11.7. The highest BCUT2D eigenvalue weighted by Gasteiger charge is 2.19. The van der Waals surface area contributed by atoms with Gasteiger partial charge in [0.05, 0.1) is 46.6 Å². The number of benzene rings is 5. The maximum atomic E-state index is 7.73. The Bertz CT molecular complexity index is 2020. The first-order chi connectivity index (χ1) is 17.8. The van der Waals surface area contributed by atoms with E-state index in [1.54, 1.807) is 0 Å². The quantitative estimate of drug-likeness (QED) is 0.230. The molecule has 7 aromatic rings. The molecule has 0 saturated carbocycles. The molecule has 0 saturated heterocycles. The number of rotatable bonds is 2. The van der Waals surface area contributed by atoms with Gasteiger partial charge >= 0.3 is 0 Å². The Labute approximate surface area is 207 Å². The lowest BCUT2D eigenvalue weighted by atomic mass is 10.1. The number of fused-ring (bicyclic) bond motifs is 6. The standard InChI is InChI=1S/C32H18N4/c1-33-21-15-17-30-26(19-21)25-11-5-8-14-29(25)36(30)32-20-22(34-2)16-18-31(32)35-27-12-6-3-9-23(27)24-10-4-7-13-28(24)35/h3-20H. The molecular formula is C32H18N4. The fourth-order valence-corrected chi connectivity index (χ4v) is 5.42. The van der Waals surface area contributed by atoms with Crippen LogP contribution in [0.25, 0.3) is 64.7 Å². The van der Waals surface area contributed by atoms with Gasteiger partial charge in [0.15, 0.2) is 11.4 Å². The summed E-state index contributed by atoms with van der Waals surface area (Å²) in [6.45, 7) is 15.2. The van der Waals surface area contributed by atoms with Crippen molar-refractivity contribution in [2.45, 2.75) is 0 Å². The van der Waals surface area contributed by atoms with Crippen LogP contribution in [0.1, 0.15) is 0 Å². The zero-order valence-corrected chi connectivity index (χ0v) is 19.2. The van der Waals surface area contributed by atoms with E-state index in [0.717, 1.165) is 44.2 Å². The predicted molar refractivity (Wildman–Crippen MR) is 148 cm³/mol. The van der Waals surface area contributed by atoms with Gasteiger partial charge in [0, 0.05) is 16.2 Å². The Morgan fingerprint density at radius 2 is 0.861 bits per heavy atom. The Kier molecular flexibility index (Phi) is 4.24. The summed E-state index contributed by atoms with van der Waals surface area (Å²) < 4.78 is 4.52. The van der Waals surface area contributed by atoms with Gasteiger partial charge in [-0.2, -0.15) is 0 Å². The Balaban J connectivity index is 1.67. The van der Waals surface area contributed by atoms with Gasteiger partial charge < -0.3 is 9.13 Å². The third kappa shape index (κ3) is 2.73. The van der Waals surface area contributed by atoms with Crippen molar-refractivity contribution in [3.05, 3.63) is 132 Å². The number of hydrogen-bond acceptors (Lipinski definition) is 0. The zero-order chi connectivity index (χ0) is 24.2. The lowest BCUT2D eigenvalue weighted by molar-refractivity contribution is 1.10. The fourth-order valence-electron chi connectivity index (χ4n) is 5.42. The van der Waals surface area contributed by atoms with Crippen molar-refractivity contribution in [3.63, 3.8) is 0 Å². The minimum Gasteiger partial charge on any atom is -0.309 e. The van der Waals surface area contributed by atoms with Crippen LogP contribution >= 0.6 is 0 Å². The Morgan fingerprint density at radius 3 is 1.44 bits per heavy atom. The summed E-state index contributed by atoms with van der Waals surface area (Å²) in [6, 6.07) is 36.9. The van der Waals surface area contributed by atoms with Crippen molar-refractivity contribution in [3.8, 4) is 11.4 Å². The largest absolute Gasteiger partial charge is 0.309 e. The molecule has 166 valence electrons.